The van der Waals surface area contributed by atoms with Gasteiger partial charge in [0.1, 0.15) is 6.04 Å². The topological polar surface area (TPSA) is 108 Å². The third-order valence-electron chi connectivity index (χ3n) is 3.50. The minimum absolute atomic E-state index is 0.0673. The van der Waals surface area contributed by atoms with Crippen LogP contribution >= 0.6 is 0 Å². The molecule has 1 aliphatic heterocycles. The number of aliphatic hydroxyl groups is 1. The third kappa shape index (κ3) is 4.19. The van der Waals surface area contributed by atoms with Crippen LogP contribution in [0.4, 0.5) is 4.79 Å². The van der Waals surface area contributed by atoms with Gasteiger partial charge in [-0.05, 0) is 12.8 Å². The highest BCUT2D eigenvalue weighted by molar-refractivity contribution is 5.83. The lowest BCUT2D eigenvalue weighted by atomic mass is 10.2. The molecule has 0 aromatic carbocycles. The van der Waals surface area contributed by atoms with Crippen LogP contribution in [0.5, 0.6) is 0 Å². The minimum atomic E-state index is -1.08. The van der Waals surface area contributed by atoms with Gasteiger partial charge >= 0.3 is 12.0 Å². The SMILES string of the molecule is O=C(O)[C@@H]1C[C@H](O)CN1C(=O)NCCCCn1ccnc1. The molecule has 1 aliphatic rings. The maximum absolute atomic E-state index is 11.9. The van der Waals surface area contributed by atoms with Gasteiger partial charge in [0.15, 0.2) is 0 Å². The number of aliphatic hydroxyl groups excluding tert-OH is 1. The first kappa shape index (κ1) is 15.3. The van der Waals surface area contributed by atoms with Crippen molar-refractivity contribution in [2.75, 3.05) is 13.1 Å². The van der Waals surface area contributed by atoms with E-state index in [4.69, 9.17) is 5.11 Å². The molecule has 21 heavy (non-hydrogen) atoms. The summed E-state index contributed by atoms with van der Waals surface area (Å²) in [7, 11) is 0. The molecule has 8 nitrogen and oxygen atoms in total. The van der Waals surface area contributed by atoms with Crippen LogP contribution in [0.15, 0.2) is 18.7 Å². The van der Waals surface area contributed by atoms with Crippen molar-refractivity contribution in [3.63, 3.8) is 0 Å². The molecule has 1 saturated heterocycles. The smallest absolute Gasteiger partial charge is 0.326 e. The Morgan fingerprint density at radius 2 is 2.19 bits per heavy atom. The van der Waals surface area contributed by atoms with Crippen LogP contribution < -0.4 is 5.32 Å². The molecule has 0 spiro atoms. The molecule has 116 valence electrons. The number of urea groups is 1. The lowest BCUT2D eigenvalue weighted by Gasteiger charge is -2.21. The van der Waals surface area contributed by atoms with Crippen LogP contribution in [0, 0.1) is 0 Å². The van der Waals surface area contributed by atoms with Crippen molar-refractivity contribution in [2.45, 2.75) is 38.0 Å². The number of nitrogens with one attached hydrogen (secondary N) is 1. The van der Waals surface area contributed by atoms with Crippen molar-refractivity contribution < 1.29 is 19.8 Å². The molecule has 1 aromatic heterocycles. The van der Waals surface area contributed by atoms with Crippen LogP contribution in [-0.2, 0) is 11.3 Å². The van der Waals surface area contributed by atoms with Crippen molar-refractivity contribution >= 4 is 12.0 Å². The van der Waals surface area contributed by atoms with Crippen molar-refractivity contribution in [3.8, 4) is 0 Å². The standard InChI is InChI=1S/C13H20N4O4/c18-10-7-11(12(19)20)17(8-10)13(21)15-3-1-2-5-16-6-4-14-9-16/h4,6,9-11,18H,1-3,5,7-8H2,(H,15,21)(H,19,20)/t10-,11-/m0/s1. The van der Waals surface area contributed by atoms with Gasteiger partial charge in [0.25, 0.3) is 0 Å². The van der Waals surface area contributed by atoms with Gasteiger partial charge in [0, 0.05) is 38.4 Å². The van der Waals surface area contributed by atoms with Crippen molar-refractivity contribution in [1.82, 2.24) is 19.8 Å². The lowest BCUT2D eigenvalue weighted by Crippen LogP contribution is -2.46. The minimum Gasteiger partial charge on any atom is -0.480 e. The highest BCUT2D eigenvalue weighted by atomic mass is 16.4. The number of likely N-dealkylation sites (tertiary alicyclic amines) is 1. The average Bonchev–Trinajstić information content (AvgIpc) is 3.07. The molecule has 2 rings (SSSR count). The fourth-order valence-electron chi connectivity index (χ4n) is 2.41. The highest BCUT2D eigenvalue weighted by Gasteiger charge is 2.38. The first-order valence-electron chi connectivity index (χ1n) is 6.99. The van der Waals surface area contributed by atoms with Gasteiger partial charge in [0.05, 0.1) is 12.4 Å². The second-order valence-electron chi connectivity index (χ2n) is 5.14. The van der Waals surface area contributed by atoms with E-state index in [0.717, 1.165) is 19.4 Å². The number of unbranched alkanes of at least 4 members (excludes halogenated alkanes) is 1. The van der Waals surface area contributed by atoms with E-state index in [1.165, 1.54) is 4.90 Å². The quantitative estimate of drug-likeness (QED) is 0.635. The van der Waals surface area contributed by atoms with Gasteiger partial charge in [-0.15, -0.1) is 0 Å². The summed E-state index contributed by atoms with van der Waals surface area (Å²) < 4.78 is 1.96. The van der Waals surface area contributed by atoms with E-state index >= 15 is 0 Å². The number of rotatable bonds is 6. The Bertz CT molecular complexity index is 477. The van der Waals surface area contributed by atoms with E-state index in [9.17, 15) is 14.7 Å². The Hall–Kier alpha value is -2.09. The summed E-state index contributed by atoms with van der Waals surface area (Å²) in [6, 6.07) is -1.37. The molecule has 2 atom stereocenters. The van der Waals surface area contributed by atoms with E-state index in [-0.39, 0.29) is 13.0 Å². The van der Waals surface area contributed by atoms with E-state index in [2.05, 4.69) is 10.3 Å². The number of imidazole rings is 1. The summed E-state index contributed by atoms with van der Waals surface area (Å²) in [6.45, 7) is 1.38. The number of hydrogen-bond donors (Lipinski definition) is 3. The van der Waals surface area contributed by atoms with Crippen LogP contribution in [0.1, 0.15) is 19.3 Å². The summed E-state index contributed by atoms with van der Waals surface area (Å²) in [6.07, 6.45) is 6.33. The number of nitrogens with zero attached hydrogens (tertiary/aromatic N) is 3. The monoisotopic (exact) mass is 296 g/mol. The average molecular weight is 296 g/mol. The molecule has 0 aliphatic carbocycles. The normalized spacial score (nSPS) is 21.5. The molecule has 2 amide bonds. The van der Waals surface area contributed by atoms with Gasteiger partial charge in [-0.25, -0.2) is 14.6 Å². The van der Waals surface area contributed by atoms with Crippen molar-refractivity contribution in [1.29, 1.82) is 0 Å². The molecule has 0 unspecified atom stereocenters. The Morgan fingerprint density at radius 1 is 1.38 bits per heavy atom. The number of β-amino-alcohol motifs (C(OH)–C–C–N with tert-alkyl or cyclic N) is 1. The zero-order valence-electron chi connectivity index (χ0n) is 11.7. The summed E-state index contributed by atoms with van der Waals surface area (Å²) in [4.78, 5) is 28.1. The van der Waals surface area contributed by atoms with Crippen LogP contribution in [0.25, 0.3) is 0 Å². The number of carbonyl (C=O) groups excluding carboxylic acids is 1. The van der Waals surface area contributed by atoms with E-state index in [1.54, 1.807) is 12.5 Å². The maximum atomic E-state index is 11.9. The number of carbonyl (C=O) groups is 2. The second-order valence-corrected chi connectivity index (χ2v) is 5.14. The first-order chi connectivity index (χ1) is 10.1. The number of carboxylic acid groups (broad SMARTS) is 1. The Balaban J connectivity index is 1.68. The zero-order valence-corrected chi connectivity index (χ0v) is 11.7. The molecular weight excluding hydrogens is 276 g/mol. The number of aromatic nitrogens is 2. The second kappa shape index (κ2) is 7.07. The Morgan fingerprint density at radius 3 is 2.86 bits per heavy atom. The van der Waals surface area contributed by atoms with Gasteiger partial charge < -0.3 is 25.0 Å². The molecule has 0 radical (unpaired) electrons. The molecule has 8 heteroatoms. The van der Waals surface area contributed by atoms with Crippen LogP contribution in [0.3, 0.4) is 0 Å². The van der Waals surface area contributed by atoms with Crippen molar-refractivity contribution in [3.05, 3.63) is 18.7 Å². The number of carboxylic acids is 1. The number of amides is 2. The fraction of sp³-hybridized carbons (Fsp3) is 0.615. The zero-order chi connectivity index (χ0) is 15.2. The Kier molecular flexibility index (Phi) is 5.15. The fourth-order valence-corrected chi connectivity index (χ4v) is 2.41. The lowest BCUT2D eigenvalue weighted by molar-refractivity contribution is -0.141. The molecular formula is C13H20N4O4. The van der Waals surface area contributed by atoms with Gasteiger partial charge in [-0.2, -0.15) is 0 Å². The molecule has 3 N–H and O–H groups in total. The number of aryl methyl sites for hydroxylation is 1. The molecule has 1 fully saturated rings. The molecule has 0 saturated carbocycles. The first-order valence-corrected chi connectivity index (χ1v) is 6.99. The number of aliphatic carboxylic acids is 1. The molecule has 2 heterocycles. The number of hydrogen-bond acceptors (Lipinski definition) is 4. The maximum Gasteiger partial charge on any atom is 0.326 e. The van der Waals surface area contributed by atoms with Gasteiger partial charge in [0.2, 0.25) is 0 Å². The summed E-state index contributed by atoms with van der Waals surface area (Å²) >= 11 is 0. The summed E-state index contributed by atoms with van der Waals surface area (Å²) in [5, 5.41) is 21.2. The van der Waals surface area contributed by atoms with Crippen LogP contribution in [-0.4, -0.2) is 61.9 Å². The summed E-state index contributed by atoms with van der Waals surface area (Å²) in [5.41, 5.74) is 0. The molecule has 0 bridgehead atoms. The van der Waals surface area contributed by atoms with E-state index in [0.29, 0.717) is 6.54 Å². The highest BCUT2D eigenvalue weighted by Crippen LogP contribution is 2.18. The van der Waals surface area contributed by atoms with Gasteiger partial charge in [-0.3, -0.25) is 0 Å². The largest absolute Gasteiger partial charge is 0.480 e. The van der Waals surface area contributed by atoms with Gasteiger partial charge in [-0.1, -0.05) is 0 Å². The molecule has 1 aromatic rings. The third-order valence-corrected chi connectivity index (χ3v) is 3.50. The Labute approximate surface area is 122 Å². The predicted molar refractivity (Wildman–Crippen MR) is 73.6 cm³/mol. The van der Waals surface area contributed by atoms with E-state index in [1.807, 2.05) is 10.8 Å². The predicted octanol–water partition coefficient (Wildman–Crippen LogP) is -0.107. The summed E-state index contributed by atoms with van der Waals surface area (Å²) in [5.74, 6) is -1.08. The van der Waals surface area contributed by atoms with E-state index < -0.39 is 24.1 Å². The van der Waals surface area contributed by atoms with Crippen LogP contribution in [0.2, 0.25) is 0 Å². The van der Waals surface area contributed by atoms with Crippen molar-refractivity contribution in [2.24, 2.45) is 0 Å².